The van der Waals surface area contributed by atoms with Crippen molar-refractivity contribution in [2.45, 2.75) is 17.9 Å². The van der Waals surface area contributed by atoms with Gasteiger partial charge in [-0.05, 0) is 48.5 Å². The Hall–Kier alpha value is -3.51. The molecule has 9 heteroatoms. The molecule has 34 heavy (non-hydrogen) atoms. The van der Waals surface area contributed by atoms with Gasteiger partial charge in [0.2, 0.25) is 0 Å². The average molecular weight is 493 g/mol. The number of aromatic nitrogens is 3. The van der Waals surface area contributed by atoms with Gasteiger partial charge in [-0.2, -0.15) is 5.26 Å². The molecule has 3 aromatic carbocycles. The van der Waals surface area contributed by atoms with Crippen LogP contribution in [0.15, 0.2) is 84.0 Å². The summed E-state index contributed by atoms with van der Waals surface area (Å²) in [7, 11) is 0. The van der Waals surface area contributed by atoms with Crippen molar-refractivity contribution in [3.8, 4) is 23.3 Å². The number of hydrogen-bond acceptors (Lipinski definition) is 7. The van der Waals surface area contributed by atoms with E-state index in [1.54, 1.807) is 36.4 Å². The van der Waals surface area contributed by atoms with Crippen LogP contribution in [0.25, 0.3) is 5.69 Å². The Labute approximate surface area is 206 Å². The second-order valence-corrected chi connectivity index (χ2v) is 8.60. The number of rotatable bonds is 10. The first-order valence-corrected chi connectivity index (χ1v) is 11.8. The number of halogens is 1. The molecule has 1 N–H and O–H groups in total. The SMILES string of the molecule is N#Cc1ccc(OCC(O)CSc2nnc(COc3ccccc3Cl)n2-c2ccccc2)cc1. The standard InChI is InChI=1S/C25H21ClN4O3S/c26-22-8-4-5-9-23(22)33-16-24-28-29-25(30(24)19-6-2-1-3-7-19)34-17-20(31)15-32-21-12-10-18(14-27)11-13-21/h1-13,20,31H,15-17H2. The second-order valence-electron chi connectivity index (χ2n) is 7.20. The lowest BCUT2D eigenvalue weighted by molar-refractivity contribution is 0.126. The van der Waals surface area contributed by atoms with Gasteiger partial charge in [-0.25, -0.2) is 0 Å². The first-order chi connectivity index (χ1) is 16.6. The maximum atomic E-state index is 10.4. The minimum absolute atomic E-state index is 0.112. The zero-order chi connectivity index (χ0) is 23.8. The van der Waals surface area contributed by atoms with Crippen LogP contribution < -0.4 is 9.47 Å². The summed E-state index contributed by atoms with van der Waals surface area (Å²) in [4.78, 5) is 0. The Kier molecular flexibility index (Phi) is 8.04. The zero-order valence-electron chi connectivity index (χ0n) is 18.0. The molecular weight excluding hydrogens is 472 g/mol. The van der Waals surface area contributed by atoms with E-state index in [1.807, 2.05) is 47.0 Å². The lowest BCUT2D eigenvalue weighted by atomic mass is 10.2. The number of para-hydroxylation sites is 2. The third-order valence-corrected chi connectivity index (χ3v) is 6.12. The largest absolute Gasteiger partial charge is 0.491 e. The molecule has 0 spiro atoms. The molecule has 0 saturated carbocycles. The van der Waals surface area contributed by atoms with Gasteiger partial charge in [-0.3, -0.25) is 4.57 Å². The van der Waals surface area contributed by atoms with Gasteiger partial charge in [0.1, 0.15) is 24.7 Å². The first-order valence-electron chi connectivity index (χ1n) is 10.4. The first kappa shape index (κ1) is 23.6. The van der Waals surface area contributed by atoms with Crippen LogP contribution in [0, 0.1) is 11.3 Å². The molecule has 0 aliphatic rings. The lowest BCUT2D eigenvalue weighted by Gasteiger charge is -2.14. The summed E-state index contributed by atoms with van der Waals surface area (Å²) in [6, 6.07) is 25.8. The summed E-state index contributed by atoms with van der Waals surface area (Å²) in [5.74, 6) is 2.12. The summed E-state index contributed by atoms with van der Waals surface area (Å²) in [6.45, 7) is 0.289. The Balaban J connectivity index is 1.42. The molecule has 0 radical (unpaired) electrons. The Morgan fingerprint density at radius 1 is 0.971 bits per heavy atom. The van der Waals surface area contributed by atoms with Gasteiger partial charge in [0.15, 0.2) is 11.0 Å². The maximum absolute atomic E-state index is 10.4. The molecule has 0 saturated heterocycles. The monoisotopic (exact) mass is 492 g/mol. The van der Waals surface area contributed by atoms with Gasteiger partial charge >= 0.3 is 0 Å². The van der Waals surface area contributed by atoms with Crippen molar-refractivity contribution in [1.29, 1.82) is 5.26 Å². The van der Waals surface area contributed by atoms with Gasteiger partial charge < -0.3 is 14.6 Å². The number of benzene rings is 3. The van der Waals surface area contributed by atoms with Crippen molar-refractivity contribution < 1.29 is 14.6 Å². The fraction of sp³-hybridized carbons (Fsp3) is 0.160. The van der Waals surface area contributed by atoms with Crippen LogP contribution in [0.1, 0.15) is 11.4 Å². The lowest BCUT2D eigenvalue weighted by Crippen LogP contribution is -2.20. The molecule has 0 aliphatic carbocycles. The number of nitrogens with zero attached hydrogens (tertiary/aromatic N) is 4. The highest BCUT2D eigenvalue weighted by Gasteiger charge is 2.17. The number of nitriles is 1. The molecule has 4 aromatic rings. The van der Waals surface area contributed by atoms with Gasteiger partial charge in [0.25, 0.3) is 0 Å². The van der Waals surface area contributed by atoms with Crippen molar-refractivity contribution in [1.82, 2.24) is 14.8 Å². The van der Waals surface area contributed by atoms with E-state index in [-0.39, 0.29) is 13.2 Å². The molecule has 0 amide bonds. The summed E-state index contributed by atoms with van der Waals surface area (Å²) >= 11 is 7.57. The van der Waals surface area contributed by atoms with Crippen LogP contribution in [0.3, 0.4) is 0 Å². The molecule has 1 unspecified atom stereocenters. The maximum Gasteiger partial charge on any atom is 0.196 e. The predicted octanol–water partition coefficient (Wildman–Crippen LogP) is 4.90. The van der Waals surface area contributed by atoms with Crippen LogP contribution in [0.5, 0.6) is 11.5 Å². The van der Waals surface area contributed by atoms with E-state index in [2.05, 4.69) is 16.3 Å². The van der Waals surface area contributed by atoms with E-state index < -0.39 is 6.10 Å². The molecule has 1 heterocycles. The third kappa shape index (κ3) is 6.08. The normalized spacial score (nSPS) is 11.6. The minimum Gasteiger partial charge on any atom is -0.491 e. The number of aliphatic hydroxyl groups excluding tert-OH is 1. The molecule has 7 nitrogen and oxygen atoms in total. The Morgan fingerprint density at radius 3 is 2.44 bits per heavy atom. The highest BCUT2D eigenvalue weighted by Crippen LogP contribution is 2.26. The molecule has 4 rings (SSSR count). The third-order valence-electron chi connectivity index (χ3n) is 4.74. The van der Waals surface area contributed by atoms with Crippen LogP contribution in [-0.4, -0.2) is 38.3 Å². The molecule has 0 aliphatic heterocycles. The van der Waals surface area contributed by atoms with Gasteiger partial charge in [-0.1, -0.05) is 53.7 Å². The van der Waals surface area contributed by atoms with E-state index >= 15 is 0 Å². The quantitative estimate of drug-likeness (QED) is 0.314. The van der Waals surface area contributed by atoms with Gasteiger partial charge in [-0.15, -0.1) is 10.2 Å². The number of aliphatic hydroxyl groups is 1. The number of ether oxygens (including phenoxy) is 2. The van der Waals surface area contributed by atoms with E-state index in [1.165, 1.54) is 11.8 Å². The second kappa shape index (κ2) is 11.6. The van der Waals surface area contributed by atoms with Crippen LogP contribution in [-0.2, 0) is 6.61 Å². The van der Waals surface area contributed by atoms with Crippen LogP contribution in [0.2, 0.25) is 5.02 Å². The summed E-state index contributed by atoms with van der Waals surface area (Å²) < 4.78 is 13.4. The molecule has 1 aromatic heterocycles. The number of thioether (sulfide) groups is 1. The topological polar surface area (TPSA) is 93.2 Å². The van der Waals surface area contributed by atoms with Crippen molar-refractivity contribution in [3.05, 3.63) is 95.3 Å². The van der Waals surface area contributed by atoms with E-state index in [9.17, 15) is 5.11 Å². The summed E-state index contributed by atoms with van der Waals surface area (Å²) in [5, 5.41) is 29.1. The van der Waals surface area contributed by atoms with E-state index in [0.717, 1.165) is 5.69 Å². The van der Waals surface area contributed by atoms with E-state index in [0.29, 0.717) is 38.8 Å². The van der Waals surface area contributed by atoms with Crippen LogP contribution >= 0.6 is 23.4 Å². The Morgan fingerprint density at radius 2 is 1.71 bits per heavy atom. The molecular formula is C25H21ClN4O3S. The fourth-order valence-corrected chi connectivity index (χ4v) is 4.13. The fourth-order valence-electron chi connectivity index (χ4n) is 3.06. The molecule has 0 bridgehead atoms. The van der Waals surface area contributed by atoms with Crippen molar-refractivity contribution in [2.24, 2.45) is 0 Å². The van der Waals surface area contributed by atoms with Crippen LogP contribution in [0.4, 0.5) is 0 Å². The number of hydrogen-bond donors (Lipinski definition) is 1. The van der Waals surface area contributed by atoms with Crippen molar-refractivity contribution >= 4 is 23.4 Å². The predicted molar refractivity (Wildman–Crippen MR) is 131 cm³/mol. The summed E-state index contributed by atoms with van der Waals surface area (Å²) in [5.41, 5.74) is 1.44. The Bertz CT molecular complexity index is 1260. The van der Waals surface area contributed by atoms with Gasteiger partial charge in [0.05, 0.1) is 22.8 Å². The highest BCUT2D eigenvalue weighted by atomic mass is 35.5. The van der Waals surface area contributed by atoms with Crippen molar-refractivity contribution in [2.75, 3.05) is 12.4 Å². The molecule has 0 fully saturated rings. The van der Waals surface area contributed by atoms with E-state index in [4.69, 9.17) is 26.3 Å². The smallest absolute Gasteiger partial charge is 0.196 e. The summed E-state index contributed by atoms with van der Waals surface area (Å²) in [6.07, 6.45) is -0.732. The highest BCUT2D eigenvalue weighted by molar-refractivity contribution is 7.99. The average Bonchev–Trinajstić information content (AvgIpc) is 3.29. The zero-order valence-corrected chi connectivity index (χ0v) is 19.6. The van der Waals surface area contributed by atoms with Gasteiger partial charge in [0, 0.05) is 11.4 Å². The van der Waals surface area contributed by atoms with Crippen molar-refractivity contribution in [3.63, 3.8) is 0 Å². The minimum atomic E-state index is -0.732. The molecule has 1 atom stereocenters. The molecule has 172 valence electrons.